The number of hydrogen-bond acceptors (Lipinski definition) is 7. The van der Waals surface area contributed by atoms with E-state index in [1.54, 1.807) is 7.11 Å². The molecule has 3 saturated heterocycles. The number of oxime groups is 1. The molecule has 1 saturated carbocycles. The summed E-state index contributed by atoms with van der Waals surface area (Å²) >= 11 is 2.02. The summed E-state index contributed by atoms with van der Waals surface area (Å²) in [6.07, 6.45) is 11.6. The number of sulfone groups is 1. The minimum Gasteiger partial charge on any atom is -0.399 e. The van der Waals surface area contributed by atoms with Crippen molar-refractivity contribution in [1.29, 1.82) is 0 Å². The van der Waals surface area contributed by atoms with Crippen molar-refractivity contribution < 1.29 is 13.3 Å². The van der Waals surface area contributed by atoms with E-state index in [2.05, 4.69) is 15.4 Å². The van der Waals surface area contributed by atoms with Gasteiger partial charge in [0, 0.05) is 24.1 Å². The summed E-state index contributed by atoms with van der Waals surface area (Å²) in [5.74, 6) is 1.94. The fraction of sp³-hybridized carbons (Fsp3) is 0.950. The lowest BCUT2D eigenvalue weighted by molar-refractivity contribution is 0.0851. The van der Waals surface area contributed by atoms with Crippen LogP contribution in [0.5, 0.6) is 0 Å². The van der Waals surface area contributed by atoms with Crippen LogP contribution in [0.1, 0.15) is 57.8 Å². The Balaban J connectivity index is 1.42. The van der Waals surface area contributed by atoms with Gasteiger partial charge < -0.3 is 4.84 Å². The van der Waals surface area contributed by atoms with Gasteiger partial charge in [0.2, 0.25) is 0 Å². The van der Waals surface area contributed by atoms with E-state index < -0.39 is 9.84 Å². The quantitative estimate of drug-likeness (QED) is 0.535. The van der Waals surface area contributed by atoms with Gasteiger partial charge in [-0.05, 0) is 69.5 Å². The fourth-order valence-corrected chi connectivity index (χ4v) is 8.26. The maximum atomic E-state index is 11.9. The molecule has 4 unspecified atom stereocenters. The van der Waals surface area contributed by atoms with Crippen molar-refractivity contribution in [3.8, 4) is 0 Å². The summed E-state index contributed by atoms with van der Waals surface area (Å²) in [5, 5.41) is 8.78. The van der Waals surface area contributed by atoms with Crippen molar-refractivity contribution in [2.45, 2.75) is 86.5 Å². The Hall–Kier alpha value is -0.310. The second-order valence-corrected chi connectivity index (χ2v) is 12.6. The molecule has 8 heteroatoms. The van der Waals surface area contributed by atoms with Crippen molar-refractivity contribution in [1.82, 2.24) is 10.2 Å². The standard InChI is InChI=1S/C20H35N3O3S2/c1-26-22-19(18-4-3-13-27-18)17-10-5-14-11-12-23(20(14)21-17)15-6-8-16(9-7-15)28(2,24)25/h14-18,20-21H,3-13H2,1-2H3/b22-19-. The second-order valence-electron chi connectivity index (χ2n) is 8.99. The molecule has 1 N–H and O–H groups in total. The number of piperidine rings is 1. The molecule has 0 aromatic carbocycles. The van der Waals surface area contributed by atoms with Crippen LogP contribution in [-0.4, -0.2) is 73.4 Å². The van der Waals surface area contributed by atoms with Gasteiger partial charge in [-0.15, -0.1) is 0 Å². The molecule has 1 aliphatic carbocycles. The zero-order valence-corrected chi connectivity index (χ0v) is 18.8. The van der Waals surface area contributed by atoms with Crippen molar-refractivity contribution in [3.63, 3.8) is 0 Å². The number of rotatable bonds is 5. The normalized spacial score (nSPS) is 40.4. The first-order chi connectivity index (χ1) is 13.5. The Labute approximate surface area is 174 Å². The molecule has 0 spiro atoms. The van der Waals surface area contributed by atoms with Crippen LogP contribution < -0.4 is 5.32 Å². The summed E-state index contributed by atoms with van der Waals surface area (Å²) in [7, 11) is -1.24. The topological polar surface area (TPSA) is 71.0 Å². The lowest BCUT2D eigenvalue weighted by Crippen LogP contribution is -2.58. The Morgan fingerprint density at radius 2 is 1.89 bits per heavy atom. The van der Waals surface area contributed by atoms with Crippen molar-refractivity contribution in [2.75, 3.05) is 25.7 Å². The number of nitrogens with one attached hydrogen (secondary N) is 1. The molecule has 0 bridgehead atoms. The summed E-state index contributed by atoms with van der Waals surface area (Å²) in [5.41, 5.74) is 1.20. The van der Waals surface area contributed by atoms with E-state index in [-0.39, 0.29) is 5.25 Å². The molecule has 28 heavy (non-hydrogen) atoms. The van der Waals surface area contributed by atoms with E-state index in [1.807, 2.05) is 11.8 Å². The highest BCUT2D eigenvalue weighted by Crippen LogP contribution is 2.38. The summed E-state index contributed by atoms with van der Waals surface area (Å²) in [6, 6.07) is 0.827. The zero-order valence-electron chi connectivity index (χ0n) is 17.2. The summed E-state index contributed by atoms with van der Waals surface area (Å²) in [6.45, 7) is 1.14. The molecule has 4 fully saturated rings. The van der Waals surface area contributed by atoms with Gasteiger partial charge in [-0.3, -0.25) is 10.2 Å². The van der Waals surface area contributed by atoms with Crippen LogP contribution in [0.4, 0.5) is 0 Å². The Morgan fingerprint density at radius 1 is 1.11 bits per heavy atom. The molecule has 6 nitrogen and oxygen atoms in total. The monoisotopic (exact) mass is 429 g/mol. The van der Waals surface area contributed by atoms with Crippen molar-refractivity contribution in [3.05, 3.63) is 0 Å². The molecule has 160 valence electrons. The maximum absolute atomic E-state index is 11.9. The van der Waals surface area contributed by atoms with Gasteiger partial charge in [-0.1, -0.05) is 5.16 Å². The molecular formula is C20H35N3O3S2. The highest BCUT2D eigenvalue weighted by Gasteiger charge is 2.44. The predicted molar refractivity (Wildman–Crippen MR) is 116 cm³/mol. The van der Waals surface area contributed by atoms with Crippen molar-refractivity contribution in [2.24, 2.45) is 11.1 Å². The van der Waals surface area contributed by atoms with E-state index in [4.69, 9.17) is 4.84 Å². The van der Waals surface area contributed by atoms with Gasteiger partial charge in [-0.2, -0.15) is 11.8 Å². The van der Waals surface area contributed by atoms with E-state index in [0.717, 1.165) is 38.6 Å². The van der Waals surface area contributed by atoms with Gasteiger partial charge in [0.1, 0.15) is 16.9 Å². The first-order valence-corrected chi connectivity index (χ1v) is 13.9. The molecular weight excluding hydrogens is 394 g/mol. The molecule has 0 radical (unpaired) electrons. The van der Waals surface area contributed by atoms with Gasteiger partial charge >= 0.3 is 0 Å². The molecule has 4 rings (SSSR count). The van der Waals surface area contributed by atoms with Gasteiger partial charge in [0.05, 0.1) is 23.2 Å². The zero-order chi connectivity index (χ0) is 19.7. The van der Waals surface area contributed by atoms with E-state index in [9.17, 15) is 8.42 Å². The highest BCUT2D eigenvalue weighted by molar-refractivity contribution is 8.00. The van der Waals surface area contributed by atoms with Gasteiger partial charge in [0.25, 0.3) is 0 Å². The average Bonchev–Trinajstić information content (AvgIpc) is 3.35. The van der Waals surface area contributed by atoms with Crippen LogP contribution in [0.15, 0.2) is 5.16 Å². The average molecular weight is 430 g/mol. The van der Waals surface area contributed by atoms with Crippen LogP contribution in [0.2, 0.25) is 0 Å². The van der Waals surface area contributed by atoms with Crippen LogP contribution in [-0.2, 0) is 14.7 Å². The third-order valence-corrected chi connectivity index (χ3v) is 10.4. The Bertz CT molecular complexity index is 670. The summed E-state index contributed by atoms with van der Waals surface area (Å²) < 4.78 is 23.8. The smallest absolute Gasteiger partial charge is 0.150 e. The minimum atomic E-state index is -2.90. The predicted octanol–water partition coefficient (Wildman–Crippen LogP) is 2.64. The third kappa shape index (κ3) is 4.40. The van der Waals surface area contributed by atoms with Gasteiger partial charge in [-0.25, -0.2) is 8.42 Å². The number of fused-ring (bicyclic) bond motifs is 1. The third-order valence-electron chi connectivity index (χ3n) is 7.29. The molecule has 4 atom stereocenters. The van der Waals surface area contributed by atoms with Gasteiger partial charge in [0.15, 0.2) is 0 Å². The highest BCUT2D eigenvalue weighted by atomic mass is 32.2. The summed E-state index contributed by atoms with van der Waals surface area (Å²) in [4.78, 5) is 7.89. The fourth-order valence-electron chi connectivity index (χ4n) is 5.80. The Kier molecular flexibility index (Phi) is 6.60. The minimum absolute atomic E-state index is 0.131. The number of nitrogens with zero attached hydrogens (tertiary/aromatic N) is 2. The lowest BCUT2D eigenvalue weighted by atomic mass is 9.87. The maximum Gasteiger partial charge on any atom is 0.150 e. The van der Waals surface area contributed by atoms with Crippen LogP contribution in [0.3, 0.4) is 0 Å². The van der Waals surface area contributed by atoms with Crippen molar-refractivity contribution >= 4 is 27.3 Å². The first-order valence-electron chi connectivity index (χ1n) is 10.9. The first kappa shape index (κ1) is 20.9. The van der Waals surface area contributed by atoms with E-state index >= 15 is 0 Å². The second kappa shape index (κ2) is 8.82. The Morgan fingerprint density at radius 3 is 2.54 bits per heavy atom. The van der Waals surface area contributed by atoms with Crippen LogP contribution in [0, 0.1) is 5.92 Å². The van der Waals surface area contributed by atoms with Crippen LogP contribution in [0.25, 0.3) is 0 Å². The molecule has 0 aromatic rings. The number of thioether (sulfide) groups is 1. The number of likely N-dealkylation sites (tertiary alicyclic amines) is 1. The molecule has 3 heterocycles. The van der Waals surface area contributed by atoms with E-state index in [0.29, 0.717) is 29.4 Å². The lowest BCUT2D eigenvalue weighted by Gasteiger charge is -2.43. The van der Waals surface area contributed by atoms with E-state index in [1.165, 1.54) is 43.4 Å². The number of hydrogen-bond donors (Lipinski definition) is 1. The molecule has 0 amide bonds. The molecule has 0 aromatic heterocycles. The van der Waals surface area contributed by atoms with Crippen LogP contribution >= 0.6 is 11.8 Å². The molecule has 4 aliphatic rings. The SMILES string of the molecule is CO/N=C(/C1CCC2CCN(C3CCC(S(C)(=O)=O)CC3)C2N1)C1CCCS1. The largest absolute Gasteiger partial charge is 0.399 e. The molecule has 3 aliphatic heterocycles.